The normalized spacial score (nSPS) is 11.8. The van der Waals surface area contributed by atoms with Gasteiger partial charge < -0.3 is 15.4 Å². The van der Waals surface area contributed by atoms with Crippen molar-refractivity contribution in [3.8, 4) is 11.6 Å². The van der Waals surface area contributed by atoms with E-state index in [1.807, 2.05) is 32.0 Å². The molecule has 1 unspecified atom stereocenters. The fourth-order valence-corrected chi connectivity index (χ4v) is 2.97. The predicted molar refractivity (Wildman–Crippen MR) is 108 cm³/mol. The molecule has 1 atom stereocenters. The van der Waals surface area contributed by atoms with Crippen LogP contribution in [0.3, 0.4) is 0 Å². The van der Waals surface area contributed by atoms with Crippen LogP contribution in [0.25, 0.3) is 5.82 Å². The molecule has 2 heterocycles. The van der Waals surface area contributed by atoms with Crippen LogP contribution in [0.15, 0.2) is 42.6 Å². The van der Waals surface area contributed by atoms with Crippen LogP contribution in [0.1, 0.15) is 35.5 Å². The van der Waals surface area contributed by atoms with Gasteiger partial charge in [-0.25, -0.2) is 18.9 Å². The molecule has 2 aromatic heterocycles. The number of hydrogen-bond acceptors (Lipinski definition) is 4. The number of aryl methyl sites for hydroxylation is 2. The summed E-state index contributed by atoms with van der Waals surface area (Å²) in [5, 5.41) is 9.97. The second-order valence-corrected chi connectivity index (χ2v) is 6.81. The smallest absolute Gasteiger partial charge is 0.315 e. The van der Waals surface area contributed by atoms with Gasteiger partial charge in [-0.05, 0) is 56.2 Å². The molecule has 3 aromatic rings. The lowest BCUT2D eigenvalue weighted by molar-refractivity contribution is 0.237. The van der Waals surface area contributed by atoms with Crippen molar-refractivity contribution in [1.29, 1.82) is 0 Å². The van der Waals surface area contributed by atoms with Gasteiger partial charge in [-0.3, -0.25) is 0 Å². The highest BCUT2D eigenvalue weighted by Gasteiger charge is 2.12. The van der Waals surface area contributed by atoms with Gasteiger partial charge in [0.25, 0.3) is 0 Å². The number of nitrogens with one attached hydrogen (secondary N) is 2. The molecule has 0 saturated heterocycles. The number of methoxy groups -OCH3 is 1. The average Bonchev–Trinajstić information content (AvgIpc) is 3.04. The zero-order valence-corrected chi connectivity index (χ0v) is 16.9. The molecule has 0 fully saturated rings. The van der Waals surface area contributed by atoms with Crippen molar-refractivity contribution in [3.05, 3.63) is 70.9 Å². The molecule has 1 aromatic carbocycles. The third-order valence-corrected chi connectivity index (χ3v) is 4.51. The van der Waals surface area contributed by atoms with Crippen LogP contribution < -0.4 is 15.4 Å². The van der Waals surface area contributed by atoms with Crippen LogP contribution in [-0.2, 0) is 6.54 Å². The minimum Gasteiger partial charge on any atom is -0.494 e. The standard InChI is InChI=1S/C21H24FN5O2/c1-13-9-14(2)27(26-13)20-8-5-16(11-23-20)12-24-21(28)25-15(3)17-6-7-19(29-4)18(22)10-17/h5-11,15H,12H2,1-4H3,(H2,24,25,28). The SMILES string of the molecule is COc1ccc(C(C)NC(=O)NCc2ccc(-n3nc(C)cc3C)nc2)cc1F. The van der Waals surface area contributed by atoms with Gasteiger partial charge in [0.2, 0.25) is 0 Å². The first-order chi connectivity index (χ1) is 13.9. The molecule has 0 spiro atoms. The molecule has 0 aliphatic carbocycles. The Labute approximate surface area is 168 Å². The van der Waals surface area contributed by atoms with Gasteiger partial charge in [-0.2, -0.15) is 5.10 Å². The quantitative estimate of drug-likeness (QED) is 0.666. The lowest BCUT2D eigenvalue weighted by atomic mass is 10.1. The number of carbonyl (C=O) groups is 1. The van der Waals surface area contributed by atoms with Crippen molar-refractivity contribution in [2.75, 3.05) is 7.11 Å². The van der Waals surface area contributed by atoms with Crippen LogP contribution in [0.4, 0.5) is 9.18 Å². The monoisotopic (exact) mass is 397 g/mol. The molecule has 0 aliphatic rings. The summed E-state index contributed by atoms with van der Waals surface area (Å²) < 4.78 is 20.5. The highest BCUT2D eigenvalue weighted by Crippen LogP contribution is 2.21. The van der Waals surface area contributed by atoms with E-state index in [-0.39, 0.29) is 17.8 Å². The number of carbonyl (C=O) groups excluding carboxylic acids is 1. The van der Waals surface area contributed by atoms with Gasteiger partial charge in [-0.15, -0.1) is 0 Å². The van der Waals surface area contributed by atoms with Crippen LogP contribution >= 0.6 is 0 Å². The van der Waals surface area contributed by atoms with Crippen molar-refractivity contribution < 1.29 is 13.9 Å². The third kappa shape index (κ3) is 4.90. The Kier molecular flexibility index (Phi) is 6.11. The van der Waals surface area contributed by atoms with Gasteiger partial charge in [0.15, 0.2) is 17.4 Å². The van der Waals surface area contributed by atoms with Gasteiger partial charge >= 0.3 is 6.03 Å². The topological polar surface area (TPSA) is 81.1 Å². The van der Waals surface area contributed by atoms with Crippen molar-refractivity contribution in [3.63, 3.8) is 0 Å². The third-order valence-electron chi connectivity index (χ3n) is 4.51. The molecular formula is C21H24FN5O2. The lowest BCUT2D eigenvalue weighted by Gasteiger charge is -2.16. The fraction of sp³-hybridized carbons (Fsp3) is 0.286. The van der Waals surface area contributed by atoms with E-state index < -0.39 is 5.82 Å². The summed E-state index contributed by atoms with van der Waals surface area (Å²) in [6.07, 6.45) is 1.70. The van der Waals surface area contributed by atoms with Crippen molar-refractivity contribution in [2.24, 2.45) is 0 Å². The van der Waals surface area contributed by atoms with E-state index >= 15 is 0 Å². The summed E-state index contributed by atoms with van der Waals surface area (Å²) in [4.78, 5) is 16.6. The summed E-state index contributed by atoms with van der Waals surface area (Å²) in [7, 11) is 1.41. The Morgan fingerprint density at radius 1 is 1.24 bits per heavy atom. The first-order valence-electron chi connectivity index (χ1n) is 9.23. The largest absolute Gasteiger partial charge is 0.494 e. The Morgan fingerprint density at radius 3 is 2.62 bits per heavy atom. The molecule has 7 nitrogen and oxygen atoms in total. The number of ether oxygens (including phenoxy) is 1. The Balaban J connectivity index is 1.55. The second kappa shape index (κ2) is 8.72. The minimum absolute atomic E-state index is 0.168. The van der Waals surface area contributed by atoms with Crippen molar-refractivity contribution in [1.82, 2.24) is 25.4 Å². The number of rotatable bonds is 6. The van der Waals surface area contributed by atoms with Crippen LogP contribution in [0, 0.1) is 19.7 Å². The molecule has 29 heavy (non-hydrogen) atoms. The number of aromatic nitrogens is 3. The van der Waals surface area contributed by atoms with Gasteiger partial charge in [0.05, 0.1) is 18.8 Å². The molecule has 0 saturated carbocycles. The summed E-state index contributed by atoms with van der Waals surface area (Å²) in [6, 6.07) is 9.63. The molecule has 152 valence electrons. The minimum atomic E-state index is -0.465. The van der Waals surface area contributed by atoms with E-state index in [9.17, 15) is 9.18 Å². The van der Waals surface area contributed by atoms with Gasteiger partial charge in [-0.1, -0.05) is 12.1 Å². The van der Waals surface area contributed by atoms with E-state index in [1.165, 1.54) is 19.2 Å². The molecule has 2 N–H and O–H groups in total. The van der Waals surface area contributed by atoms with E-state index in [0.717, 1.165) is 22.8 Å². The molecule has 2 amide bonds. The average molecular weight is 397 g/mol. The van der Waals surface area contributed by atoms with E-state index in [1.54, 1.807) is 23.9 Å². The fourth-order valence-electron chi connectivity index (χ4n) is 2.97. The first-order valence-corrected chi connectivity index (χ1v) is 9.23. The summed E-state index contributed by atoms with van der Waals surface area (Å²) in [5.74, 6) is 0.425. The molecule has 3 rings (SSSR count). The highest BCUT2D eigenvalue weighted by molar-refractivity contribution is 5.74. The molecule has 8 heteroatoms. The number of benzene rings is 1. The maximum atomic E-state index is 13.8. The molecule has 0 radical (unpaired) electrons. The van der Waals surface area contributed by atoms with Crippen molar-refractivity contribution >= 4 is 6.03 Å². The number of pyridine rings is 1. The Morgan fingerprint density at radius 2 is 2.03 bits per heavy atom. The van der Waals surface area contributed by atoms with E-state index in [4.69, 9.17) is 4.74 Å². The number of halogens is 1. The van der Waals surface area contributed by atoms with E-state index in [2.05, 4.69) is 20.7 Å². The molecule has 0 aliphatic heterocycles. The van der Waals surface area contributed by atoms with E-state index in [0.29, 0.717) is 12.1 Å². The van der Waals surface area contributed by atoms with Gasteiger partial charge in [0.1, 0.15) is 0 Å². The zero-order valence-electron chi connectivity index (χ0n) is 16.9. The predicted octanol–water partition coefficient (Wildman–Crippen LogP) is 3.59. The highest BCUT2D eigenvalue weighted by atomic mass is 19.1. The molecule has 0 bridgehead atoms. The summed E-state index contributed by atoms with van der Waals surface area (Å²) in [5.41, 5.74) is 3.43. The van der Waals surface area contributed by atoms with Crippen molar-refractivity contribution in [2.45, 2.75) is 33.4 Å². The first kappa shape index (κ1) is 20.3. The van der Waals surface area contributed by atoms with Gasteiger partial charge in [0, 0.05) is 18.4 Å². The Bertz CT molecular complexity index is 1000. The zero-order chi connectivity index (χ0) is 21.0. The van der Waals surface area contributed by atoms with Crippen LogP contribution in [0.2, 0.25) is 0 Å². The lowest BCUT2D eigenvalue weighted by Crippen LogP contribution is -2.36. The number of amides is 2. The summed E-state index contributed by atoms with van der Waals surface area (Å²) >= 11 is 0. The number of hydrogen-bond donors (Lipinski definition) is 2. The summed E-state index contributed by atoms with van der Waals surface area (Å²) in [6.45, 7) is 6.00. The second-order valence-electron chi connectivity index (χ2n) is 6.81. The Hall–Kier alpha value is -3.42. The number of nitrogens with zero attached hydrogens (tertiary/aromatic N) is 3. The maximum absolute atomic E-state index is 13.8. The van der Waals surface area contributed by atoms with Crippen LogP contribution in [0.5, 0.6) is 5.75 Å². The van der Waals surface area contributed by atoms with Crippen LogP contribution in [-0.4, -0.2) is 27.9 Å². The number of urea groups is 1. The maximum Gasteiger partial charge on any atom is 0.315 e. The molecular weight excluding hydrogens is 373 g/mol.